The van der Waals surface area contributed by atoms with Gasteiger partial charge in [-0.1, -0.05) is 48.5 Å². The molecule has 0 N–H and O–H groups in total. The van der Waals surface area contributed by atoms with Crippen molar-refractivity contribution in [2.45, 2.75) is 6.42 Å². The van der Waals surface area contributed by atoms with Gasteiger partial charge in [-0.05, 0) is 35.7 Å². The van der Waals surface area contributed by atoms with Gasteiger partial charge >= 0.3 is 5.97 Å². The fourth-order valence-electron chi connectivity index (χ4n) is 3.98. The Balaban J connectivity index is 1.29. The van der Waals surface area contributed by atoms with Crippen molar-refractivity contribution >= 4 is 23.3 Å². The van der Waals surface area contributed by atoms with E-state index in [9.17, 15) is 19.7 Å². The summed E-state index contributed by atoms with van der Waals surface area (Å²) in [5.41, 5.74) is 3.32. The van der Waals surface area contributed by atoms with Crippen molar-refractivity contribution in [1.29, 1.82) is 0 Å². The second-order valence-corrected chi connectivity index (χ2v) is 8.04. The van der Waals surface area contributed by atoms with Crippen LogP contribution in [0.15, 0.2) is 78.9 Å². The molecule has 0 spiro atoms. The Kier molecular flexibility index (Phi) is 7.17. The number of esters is 1. The van der Waals surface area contributed by atoms with Gasteiger partial charge < -0.3 is 14.5 Å². The van der Waals surface area contributed by atoms with E-state index in [2.05, 4.69) is 4.90 Å². The molecule has 1 heterocycles. The van der Waals surface area contributed by atoms with Crippen molar-refractivity contribution < 1.29 is 19.2 Å². The molecule has 0 bridgehead atoms. The van der Waals surface area contributed by atoms with Gasteiger partial charge in [0.2, 0.25) is 0 Å². The lowest BCUT2D eigenvalue weighted by molar-refractivity contribution is -0.384. The standard InChI is InChI=1S/C26H25N3O5/c30-25(28-16-14-27(15-17-28)22-10-12-23(13-11-22)29(32)33)19-34-26(31)24-9-5-4-8-21(24)18-20-6-2-1-3-7-20/h1-13H,14-19H2. The number of nitrogens with zero attached hydrogens (tertiary/aromatic N) is 3. The molecule has 3 aromatic rings. The molecule has 4 rings (SSSR count). The van der Waals surface area contributed by atoms with Crippen molar-refractivity contribution in [3.05, 3.63) is 106 Å². The second-order valence-electron chi connectivity index (χ2n) is 8.04. The Labute approximate surface area is 197 Å². The van der Waals surface area contributed by atoms with Gasteiger partial charge in [0, 0.05) is 44.0 Å². The molecular formula is C26H25N3O5. The van der Waals surface area contributed by atoms with Gasteiger partial charge in [0.25, 0.3) is 11.6 Å². The van der Waals surface area contributed by atoms with Crippen molar-refractivity contribution in [3.8, 4) is 0 Å². The lowest BCUT2D eigenvalue weighted by atomic mass is 10.00. The summed E-state index contributed by atoms with van der Waals surface area (Å²) in [6, 6.07) is 23.5. The first-order valence-electron chi connectivity index (χ1n) is 11.1. The summed E-state index contributed by atoms with van der Waals surface area (Å²) in [6.07, 6.45) is 0.602. The third-order valence-electron chi connectivity index (χ3n) is 5.86. The number of benzene rings is 3. The van der Waals surface area contributed by atoms with Crippen LogP contribution in [0.3, 0.4) is 0 Å². The van der Waals surface area contributed by atoms with Crippen LogP contribution in [0.25, 0.3) is 0 Å². The highest BCUT2D eigenvalue weighted by atomic mass is 16.6. The number of carbonyl (C=O) groups excluding carboxylic acids is 2. The zero-order valence-corrected chi connectivity index (χ0v) is 18.6. The van der Waals surface area contributed by atoms with E-state index in [1.54, 1.807) is 29.2 Å². The molecule has 1 aliphatic rings. The number of nitro benzene ring substituents is 1. The molecule has 0 aromatic heterocycles. The Morgan fingerprint density at radius 3 is 2.18 bits per heavy atom. The van der Waals surface area contributed by atoms with Crippen molar-refractivity contribution in [3.63, 3.8) is 0 Å². The molecule has 1 amide bonds. The summed E-state index contributed by atoms with van der Waals surface area (Å²) in [6.45, 7) is 1.85. The molecular weight excluding hydrogens is 434 g/mol. The number of ether oxygens (including phenoxy) is 1. The number of hydrogen-bond acceptors (Lipinski definition) is 6. The fourth-order valence-corrected chi connectivity index (χ4v) is 3.98. The van der Waals surface area contributed by atoms with E-state index in [4.69, 9.17) is 4.74 Å². The lowest BCUT2D eigenvalue weighted by Gasteiger charge is -2.36. The average Bonchev–Trinajstić information content (AvgIpc) is 2.88. The molecule has 174 valence electrons. The maximum absolute atomic E-state index is 12.7. The number of carbonyl (C=O) groups is 2. The van der Waals surface area contributed by atoms with E-state index in [-0.39, 0.29) is 18.2 Å². The highest BCUT2D eigenvalue weighted by Crippen LogP contribution is 2.21. The summed E-state index contributed by atoms with van der Waals surface area (Å²) < 4.78 is 5.36. The number of amides is 1. The molecule has 0 saturated carbocycles. The summed E-state index contributed by atoms with van der Waals surface area (Å²) in [5.74, 6) is -0.748. The van der Waals surface area contributed by atoms with Crippen LogP contribution in [0.4, 0.5) is 11.4 Å². The third kappa shape index (κ3) is 5.58. The SMILES string of the molecule is O=C(OCC(=O)N1CCN(c2ccc([N+](=O)[O-])cc2)CC1)c1ccccc1Cc1ccccc1. The summed E-state index contributed by atoms with van der Waals surface area (Å²) in [5, 5.41) is 10.8. The molecule has 3 aromatic carbocycles. The van der Waals surface area contributed by atoms with Crippen LogP contribution in [0.1, 0.15) is 21.5 Å². The summed E-state index contributed by atoms with van der Waals surface area (Å²) >= 11 is 0. The molecule has 34 heavy (non-hydrogen) atoms. The van der Waals surface area contributed by atoms with Crippen molar-refractivity contribution in [2.24, 2.45) is 0 Å². The van der Waals surface area contributed by atoms with E-state index >= 15 is 0 Å². The number of non-ortho nitro benzene ring substituents is 1. The van der Waals surface area contributed by atoms with Gasteiger partial charge in [0.1, 0.15) is 0 Å². The first-order valence-corrected chi connectivity index (χ1v) is 11.1. The van der Waals surface area contributed by atoms with Crippen LogP contribution in [0.2, 0.25) is 0 Å². The van der Waals surface area contributed by atoms with Gasteiger partial charge in [0.15, 0.2) is 6.61 Å². The van der Waals surface area contributed by atoms with E-state index in [1.807, 2.05) is 42.5 Å². The van der Waals surface area contributed by atoms with Crippen LogP contribution < -0.4 is 4.90 Å². The molecule has 8 heteroatoms. The fraction of sp³-hybridized carbons (Fsp3) is 0.231. The van der Waals surface area contributed by atoms with E-state index < -0.39 is 10.9 Å². The molecule has 0 atom stereocenters. The maximum atomic E-state index is 12.7. The minimum Gasteiger partial charge on any atom is -0.452 e. The predicted molar refractivity (Wildman–Crippen MR) is 128 cm³/mol. The smallest absolute Gasteiger partial charge is 0.338 e. The molecule has 0 aliphatic carbocycles. The Hall–Kier alpha value is -4.20. The lowest BCUT2D eigenvalue weighted by Crippen LogP contribution is -2.49. The highest BCUT2D eigenvalue weighted by molar-refractivity contribution is 5.93. The average molecular weight is 460 g/mol. The minimum atomic E-state index is -0.510. The Morgan fingerprint density at radius 2 is 1.50 bits per heavy atom. The number of rotatable bonds is 7. The van der Waals surface area contributed by atoms with Crippen LogP contribution in [-0.2, 0) is 16.0 Å². The van der Waals surface area contributed by atoms with Gasteiger partial charge in [-0.25, -0.2) is 4.79 Å². The van der Waals surface area contributed by atoms with Crippen molar-refractivity contribution in [2.75, 3.05) is 37.7 Å². The predicted octanol–water partition coefficient (Wildman–Crippen LogP) is 3.69. The van der Waals surface area contributed by atoms with Gasteiger partial charge in [-0.3, -0.25) is 14.9 Å². The first-order chi connectivity index (χ1) is 16.5. The quantitative estimate of drug-likeness (QED) is 0.304. The van der Waals surface area contributed by atoms with E-state index in [0.717, 1.165) is 16.8 Å². The zero-order chi connectivity index (χ0) is 23.9. The normalized spacial score (nSPS) is 13.4. The molecule has 8 nitrogen and oxygen atoms in total. The summed E-state index contributed by atoms with van der Waals surface area (Å²) in [4.78, 5) is 39.5. The van der Waals surface area contributed by atoms with Crippen molar-refractivity contribution in [1.82, 2.24) is 4.90 Å². The van der Waals surface area contributed by atoms with E-state index in [0.29, 0.717) is 38.2 Å². The van der Waals surface area contributed by atoms with Crippen LogP contribution in [-0.4, -0.2) is 54.5 Å². The minimum absolute atomic E-state index is 0.0460. The van der Waals surface area contributed by atoms with Crippen LogP contribution in [0, 0.1) is 10.1 Å². The topological polar surface area (TPSA) is 93.0 Å². The molecule has 1 fully saturated rings. The van der Waals surface area contributed by atoms with E-state index in [1.165, 1.54) is 12.1 Å². The van der Waals surface area contributed by atoms with Gasteiger partial charge in [-0.15, -0.1) is 0 Å². The molecule has 1 aliphatic heterocycles. The highest BCUT2D eigenvalue weighted by Gasteiger charge is 2.23. The number of nitro groups is 1. The monoisotopic (exact) mass is 459 g/mol. The second kappa shape index (κ2) is 10.6. The van der Waals surface area contributed by atoms with Crippen LogP contribution in [0.5, 0.6) is 0 Å². The third-order valence-corrected chi connectivity index (χ3v) is 5.86. The van der Waals surface area contributed by atoms with Gasteiger partial charge in [-0.2, -0.15) is 0 Å². The number of anilines is 1. The Morgan fingerprint density at radius 1 is 0.853 bits per heavy atom. The molecule has 0 unspecified atom stereocenters. The largest absolute Gasteiger partial charge is 0.452 e. The number of piperazine rings is 1. The number of hydrogen-bond donors (Lipinski definition) is 0. The first kappa shape index (κ1) is 23.0. The summed E-state index contributed by atoms with van der Waals surface area (Å²) in [7, 11) is 0. The molecule has 0 radical (unpaired) electrons. The Bertz CT molecular complexity index is 1160. The zero-order valence-electron chi connectivity index (χ0n) is 18.6. The molecule has 1 saturated heterocycles. The van der Waals surface area contributed by atoms with Crippen LogP contribution >= 0.6 is 0 Å². The van der Waals surface area contributed by atoms with Gasteiger partial charge in [0.05, 0.1) is 10.5 Å². The maximum Gasteiger partial charge on any atom is 0.338 e.